The van der Waals surface area contributed by atoms with Crippen LogP contribution in [0.5, 0.6) is 11.5 Å². The second-order valence-electron chi connectivity index (χ2n) is 7.85. The second-order valence-corrected chi connectivity index (χ2v) is 10.4. The van der Waals surface area contributed by atoms with Crippen LogP contribution in [0.15, 0.2) is 49.8 Å². The van der Waals surface area contributed by atoms with Crippen molar-refractivity contribution in [3.8, 4) is 22.1 Å². The van der Waals surface area contributed by atoms with Crippen LogP contribution in [0.3, 0.4) is 0 Å². The zero-order valence-corrected chi connectivity index (χ0v) is 20.3. The van der Waals surface area contributed by atoms with Gasteiger partial charge in [-0.15, -0.1) is 15.7 Å². The molecule has 0 saturated heterocycles. The number of benzene rings is 1. The monoisotopic (exact) mass is 488 g/mol. The van der Waals surface area contributed by atoms with Gasteiger partial charge in [-0.25, -0.2) is 4.68 Å². The maximum Gasteiger partial charge on any atom is 0.286 e. The molecular weight excluding hydrogens is 464 g/mol. The number of rotatable bonds is 7. The van der Waals surface area contributed by atoms with E-state index in [4.69, 9.17) is 9.47 Å². The summed E-state index contributed by atoms with van der Waals surface area (Å²) >= 11 is 1.44. The Kier molecular flexibility index (Phi) is 6.26. The smallest absolute Gasteiger partial charge is 0.286 e. The Morgan fingerprint density at radius 3 is 2.61 bits per heavy atom. The van der Waals surface area contributed by atoms with Crippen LogP contribution in [0.1, 0.15) is 25.8 Å². The lowest BCUT2D eigenvalue weighted by Gasteiger charge is -2.21. The molecule has 174 valence electrons. The third-order valence-electron chi connectivity index (χ3n) is 5.16. The van der Waals surface area contributed by atoms with E-state index in [0.29, 0.717) is 29.6 Å². The van der Waals surface area contributed by atoms with E-state index in [2.05, 4.69) is 28.7 Å². The van der Waals surface area contributed by atoms with Crippen LogP contribution in [0.25, 0.3) is 10.6 Å². The number of hydrogen-bond donors (Lipinski definition) is 1. The molecule has 0 aliphatic carbocycles. The highest BCUT2D eigenvalue weighted by molar-refractivity contribution is 7.90. The number of nitrogens with zero attached hydrogens (tertiary/aromatic N) is 3. The molecule has 3 aromatic rings. The van der Waals surface area contributed by atoms with E-state index >= 15 is 0 Å². The third-order valence-corrected chi connectivity index (χ3v) is 7.35. The minimum atomic E-state index is -4.09. The Hall–Kier alpha value is -3.18. The van der Waals surface area contributed by atoms with Crippen molar-refractivity contribution in [3.05, 3.63) is 51.6 Å². The predicted octanol–water partition coefficient (Wildman–Crippen LogP) is 3.60. The molecule has 0 saturated carbocycles. The van der Waals surface area contributed by atoms with Gasteiger partial charge in [-0.1, -0.05) is 19.9 Å². The Morgan fingerprint density at radius 1 is 1.18 bits per heavy atom. The van der Waals surface area contributed by atoms with Crippen LogP contribution in [0.2, 0.25) is 0 Å². The van der Waals surface area contributed by atoms with E-state index in [1.807, 2.05) is 17.5 Å². The fourth-order valence-corrected chi connectivity index (χ4v) is 5.29. The number of hydrogen-bond acceptors (Lipinski definition) is 8. The molecule has 33 heavy (non-hydrogen) atoms. The lowest BCUT2D eigenvalue weighted by Crippen LogP contribution is -2.35. The van der Waals surface area contributed by atoms with Crippen molar-refractivity contribution < 1.29 is 17.9 Å². The van der Waals surface area contributed by atoms with Crippen LogP contribution in [-0.2, 0) is 16.6 Å². The summed E-state index contributed by atoms with van der Waals surface area (Å²) in [4.78, 5) is 14.3. The van der Waals surface area contributed by atoms with Gasteiger partial charge in [-0.3, -0.25) is 4.79 Å². The van der Waals surface area contributed by atoms with Crippen molar-refractivity contribution in [1.82, 2.24) is 9.78 Å². The lowest BCUT2D eigenvalue weighted by atomic mass is 10.1. The van der Waals surface area contributed by atoms with Crippen LogP contribution < -0.4 is 20.3 Å². The topological polar surface area (TPSA) is 112 Å². The molecule has 0 bridgehead atoms. The molecule has 2 aromatic heterocycles. The van der Waals surface area contributed by atoms with Gasteiger partial charge >= 0.3 is 0 Å². The van der Waals surface area contributed by atoms with Gasteiger partial charge in [0.05, 0.1) is 24.8 Å². The van der Waals surface area contributed by atoms with Gasteiger partial charge in [0.25, 0.3) is 15.6 Å². The summed E-state index contributed by atoms with van der Waals surface area (Å²) in [6.07, 6.45) is 0.726. The largest absolute Gasteiger partial charge is 0.497 e. The number of ether oxygens (including phenoxy) is 2. The number of thiophene rings is 1. The van der Waals surface area contributed by atoms with Gasteiger partial charge in [-0.05, 0) is 35.9 Å². The Bertz CT molecular complexity index is 1380. The fraction of sp³-hybridized carbons (Fsp3) is 0.318. The molecule has 3 heterocycles. The number of amidine groups is 1. The summed E-state index contributed by atoms with van der Waals surface area (Å²) in [6, 6.07) is 8.33. The first-order valence-electron chi connectivity index (χ1n) is 10.3. The summed E-state index contributed by atoms with van der Waals surface area (Å²) in [5.41, 5.74) is 0.287. The summed E-state index contributed by atoms with van der Waals surface area (Å²) < 4.78 is 42.0. The molecule has 1 aliphatic rings. The van der Waals surface area contributed by atoms with E-state index in [1.54, 1.807) is 12.1 Å². The van der Waals surface area contributed by atoms with Gasteiger partial charge in [0.1, 0.15) is 21.9 Å². The number of aryl methyl sites for hydroxylation is 1. The summed E-state index contributed by atoms with van der Waals surface area (Å²) in [5, 5.41) is 9.45. The number of aromatic nitrogens is 2. The average Bonchev–Trinajstić information content (AvgIpc) is 3.31. The first-order chi connectivity index (χ1) is 15.7. The Balaban J connectivity index is 1.95. The van der Waals surface area contributed by atoms with E-state index in [-0.39, 0.29) is 22.0 Å². The van der Waals surface area contributed by atoms with Crippen LogP contribution in [0, 0.1) is 5.92 Å². The maximum atomic E-state index is 13.5. The molecule has 0 unspecified atom stereocenters. The van der Waals surface area contributed by atoms with Gasteiger partial charge in [-0.2, -0.15) is 13.5 Å². The Labute approximate surface area is 195 Å². The second kappa shape index (κ2) is 8.99. The molecule has 9 nitrogen and oxygen atoms in total. The first-order valence-corrected chi connectivity index (χ1v) is 12.6. The van der Waals surface area contributed by atoms with Crippen molar-refractivity contribution in [3.63, 3.8) is 0 Å². The summed E-state index contributed by atoms with van der Waals surface area (Å²) in [7, 11) is -1.22. The standard InChI is InChI=1S/C22H24N4O5S2/c1-13(2)9-10-26-22(27)18(20(31-4)19(24-26)16-6-5-11-32-16)21-23-15-8-7-14(30-3)12-17(15)33(28,29)25-21/h5-8,11-13H,9-10H2,1-4H3,(H,23,25). The molecule has 1 aromatic carbocycles. The number of anilines is 1. The molecule has 0 amide bonds. The molecule has 1 N–H and O–H groups in total. The molecule has 0 radical (unpaired) electrons. The van der Waals surface area contributed by atoms with Gasteiger partial charge in [0, 0.05) is 12.6 Å². The predicted molar refractivity (Wildman–Crippen MR) is 128 cm³/mol. The summed E-state index contributed by atoms with van der Waals surface area (Å²) in [6.45, 7) is 4.49. The SMILES string of the molecule is COc1ccc2c(c1)S(=O)(=O)N=C(c1c(OC)c(-c3cccs3)nn(CCC(C)C)c1=O)N2. The van der Waals surface area contributed by atoms with Crippen molar-refractivity contribution in [2.75, 3.05) is 19.5 Å². The number of sulfonamides is 1. The van der Waals surface area contributed by atoms with Crippen molar-refractivity contribution in [2.45, 2.75) is 31.7 Å². The highest BCUT2D eigenvalue weighted by Crippen LogP contribution is 2.36. The minimum Gasteiger partial charge on any atom is -0.497 e. The first kappa shape index (κ1) is 23.0. The Morgan fingerprint density at radius 2 is 1.97 bits per heavy atom. The number of nitrogens with one attached hydrogen (secondary N) is 1. The molecule has 11 heteroatoms. The number of methoxy groups -OCH3 is 2. The fourth-order valence-electron chi connectivity index (χ4n) is 3.44. The van der Waals surface area contributed by atoms with Gasteiger partial charge < -0.3 is 14.8 Å². The normalized spacial score (nSPS) is 14.4. The molecule has 0 atom stereocenters. The van der Waals surface area contributed by atoms with Crippen LogP contribution in [0.4, 0.5) is 5.69 Å². The average molecular weight is 489 g/mol. The number of fused-ring (bicyclic) bond motifs is 1. The zero-order chi connectivity index (χ0) is 23.8. The molecule has 0 fully saturated rings. The van der Waals surface area contributed by atoms with Crippen molar-refractivity contribution in [1.29, 1.82) is 0 Å². The van der Waals surface area contributed by atoms with E-state index in [9.17, 15) is 13.2 Å². The highest BCUT2D eigenvalue weighted by atomic mass is 32.2. The zero-order valence-electron chi connectivity index (χ0n) is 18.7. The van der Waals surface area contributed by atoms with E-state index in [0.717, 1.165) is 11.3 Å². The summed E-state index contributed by atoms with van der Waals surface area (Å²) in [5.74, 6) is 0.798. The maximum absolute atomic E-state index is 13.5. The lowest BCUT2D eigenvalue weighted by molar-refractivity contribution is 0.403. The van der Waals surface area contributed by atoms with Gasteiger partial charge in [0.15, 0.2) is 11.6 Å². The van der Waals surface area contributed by atoms with Crippen molar-refractivity contribution >= 4 is 32.9 Å². The molecule has 4 rings (SSSR count). The van der Waals surface area contributed by atoms with E-state index < -0.39 is 15.6 Å². The quantitative estimate of drug-likeness (QED) is 0.541. The van der Waals surface area contributed by atoms with Gasteiger partial charge in [0.2, 0.25) is 0 Å². The molecule has 0 spiro atoms. The molecule has 1 aliphatic heterocycles. The highest BCUT2D eigenvalue weighted by Gasteiger charge is 2.31. The third kappa shape index (κ3) is 4.38. The van der Waals surface area contributed by atoms with Crippen LogP contribution in [-0.4, -0.2) is 38.3 Å². The van der Waals surface area contributed by atoms with Crippen molar-refractivity contribution in [2.24, 2.45) is 10.3 Å². The van der Waals surface area contributed by atoms with E-state index in [1.165, 1.54) is 36.3 Å². The minimum absolute atomic E-state index is 0.0182. The van der Waals surface area contributed by atoms with Crippen LogP contribution >= 0.6 is 11.3 Å². The molecular formula is C22H24N4O5S2.